The van der Waals surface area contributed by atoms with Gasteiger partial charge in [0.05, 0.1) is 30.6 Å². The number of ketones is 1. The van der Waals surface area contributed by atoms with Crippen LogP contribution >= 0.6 is 0 Å². The smallest absolute Gasteiger partial charge is 0.407 e. The molecular formula is C43H57N3O5Si. The fourth-order valence-corrected chi connectivity index (χ4v) is 6.99. The van der Waals surface area contributed by atoms with E-state index >= 15 is 0 Å². The minimum Gasteiger partial charge on any atom is -0.444 e. The van der Waals surface area contributed by atoms with Crippen LogP contribution < -0.4 is 5.32 Å². The van der Waals surface area contributed by atoms with E-state index < -0.39 is 38.1 Å². The van der Waals surface area contributed by atoms with Crippen LogP contribution in [0.3, 0.4) is 0 Å². The number of carbonyl (C=O) groups is 2. The lowest BCUT2D eigenvalue weighted by Gasteiger charge is -2.42. The number of alkyl carbamates (subject to hydrolysis) is 1. The Morgan fingerprint density at radius 1 is 0.808 bits per heavy atom. The van der Waals surface area contributed by atoms with Crippen LogP contribution in [0.25, 0.3) is 6.08 Å². The Hall–Kier alpha value is -4.31. The van der Waals surface area contributed by atoms with Crippen molar-refractivity contribution >= 4 is 26.3 Å². The Bertz CT molecular complexity index is 1710. The summed E-state index contributed by atoms with van der Waals surface area (Å²) in [4.78, 5) is 35.3. The van der Waals surface area contributed by atoms with Gasteiger partial charge in [-0.1, -0.05) is 112 Å². The third kappa shape index (κ3) is 13.3. The molecule has 0 bridgehead atoms. The molecule has 0 saturated carbocycles. The highest BCUT2D eigenvalue weighted by atomic mass is 28.4. The third-order valence-electron chi connectivity index (χ3n) is 9.37. The summed E-state index contributed by atoms with van der Waals surface area (Å²) in [6.07, 6.45) is 5.58. The highest BCUT2D eigenvalue weighted by Gasteiger charge is 2.42. The lowest BCUT2D eigenvalue weighted by molar-refractivity contribution is -0.119. The summed E-state index contributed by atoms with van der Waals surface area (Å²) in [5, 5.41) is 3.07. The molecule has 0 saturated heterocycles. The number of imidazole rings is 1. The molecule has 1 amide bonds. The Morgan fingerprint density at radius 3 is 1.92 bits per heavy atom. The van der Waals surface area contributed by atoms with E-state index in [2.05, 4.69) is 49.1 Å². The number of amides is 1. The number of aromatic amines is 1. The van der Waals surface area contributed by atoms with Gasteiger partial charge in [0.2, 0.25) is 0 Å². The molecule has 9 heteroatoms. The summed E-state index contributed by atoms with van der Waals surface area (Å²) in [5.41, 5.74) is 3.24. The van der Waals surface area contributed by atoms with E-state index in [1.807, 2.05) is 112 Å². The fraction of sp³-hybridized carbons (Fsp3) is 0.419. The Morgan fingerprint density at radius 2 is 1.37 bits per heavy atom. The van der Waals surface area contributed by atoms with Crippen LogP contribution in [0.5, 0.6) is 0 Å². The van der Waals surface area contributed by atoms with E-state index in [0.717, 1.165) is 16.7 Å². The lowest BCUT2D eigenvalue weighted by atomic mass is 9.86. The summed E-state index contributed by atoms with van der Waals surface area (Å²) in [5.74, 6) is 0.229. The second-order valence-corrected chi connectivity index (χ2v) is 20.7. The molecule has 52 heavy (non-hydrogen) atoms. The predicted molar refractivity (Wildman–Crippen MR) is 211 cm³/mol. The quantitative estimate of drug-likeness (QED) is 0.0832. The zero-order valence-electron chi connectivity index (χ0n) is 32.1. The standard InChI is InChI=1S/C43H57N3O5Si/c1-42(2,3)50-41(48)46-37(27-33-20-14-10-15-21-33)39(51-52(7,8)43(4,5)6)28-35(26-32-18-12-9-13-19-32)38(47)25-24-36-29-44-40(45-36)31-49-30-34-22-16-11-17-23-34/h9-25,29,35,37,39H,26-28,30-31H2,1-8H3,(H,44,45)(H,46,48)/t35-,37+,39+/m1/s1. The molecule has 1 aromatic heterocycles. The first kappa shape index (κ1) is 40.5. The number of carbonyl (C=O) groups excluding carboxylic acids is 2. The first-order valence-corrected chi connectivity index (χ1v) is 21.1. The number of aromatic nitrogens is 2. The minimum absolute atomic E-state index is 0.0279. The number of allylic oxidation sites excluding steroid dienone is 1. The van der Waals surface area contributed by atoms with Gasteiger partial charge in [0.25, 0.3) is 0 Å². The molecule has 0 aliphatic carbocycles. The van der Waals surface area contributed by atoms with Gasteiger partial charge in [-0.05, 0) is 87.0 Å². The van der Waals surface area contributed by atoms with Crippen molar-refractivity contribution in [2.75, 3.05) is 0 Å². The molecule has 0 aliphatic heterocycles. The second kappa shape index (κ2) is 18.4. The number of nitrogens with one attached hydrogen (secondary N) is 2. The number of hydrogen-bond donors (Lipinski definition) is 2. The summed E-state index contributed by atoms with van der Waals surface area (Å²) in [6, 6.07) is 29.7. The monoisotopic (exact) mass is 723 g/mol. The molecule has 1 heterocycles. The van der Waals surface area contributed by atoms with Gasteiger partial charge >= 0.3 is 6.09 Å². The number of benzene rings is 3. The maximum atomic E-state index is 14.2. The summed E-state index contributed by atoms with van der Waals surface area (Å²) < 4.78 is 18.8. The average Bonchev–Trinajstić information content (AvgIpc) is 3.54. The van der Waals surface area contributed by atoms with E-state index in [9.17, 15) is 9.59 Å². The van der Waals surface area contributed by atoms with Gasteiger partial charge in [0.1, 0.15) is 18.0 Å². The topological polar surface area (TPSA) is 103 Å². The zero-order chi connectivity index (χ0) is 37.8. The van der Waals surface area contributed by atoms with Crippen molar-refractivity contribution in [3.8, 4) is 0 Å². The molecule has 0 fully saturated rings. The molecule has 3 aromatic carbocycles. The Kier molecular flexibility index (Phi) is 14.4. The van der Waals surface area contributed by atoms with Crippen LogP contribution in [-0.4, -0.2) is 47.9 Å². The van der Waals surface area contributed by atoms with Gasteiger partial charge in [-0.2, -0.15) is 0 Å². The Balaban J connectivity index is 1.62. The molecule has 4 rings (SSSR count). The fourth-order valence-electron chi connectivity index (χ4n) is 5.62. The van der Waals surface area contributed by atoms with Crippen LogP contribution in [0.15, 0.2) is 103 Å². The molecule has 0 aliphatic rings. The van der Waals surface area contributed by atoms with Gasteiger partial charge in [-0.3, -0.25) is 4.79 Å². The zero-order valence-corrected chi connectivity index (χ0v) is 33.1. The maximum absolute atomic E-state index is 14.2. The van der Waals surface area contributed by atoms with Crippen LogP contribution in [0.2, 0.25) is 18.1 Å². The number of ether oxygens (including phenoxy) is 2. The SMILES string of the molecule is CC(C)(C)OC(=O)N[C@@H](Cc1ccccc1)[C@H](C[C@@H](Cc1ccccc1)C(=O)C=Cc1cnc(COCc2ccccc2)[nH]1)O[Si](C)(C)C(C)(C)C. The van der Waals surface area contributed by atoms with E-state index in [4.69, 9.17) is 13.9 Å². The van der Waals surface area contributed by atoms with Crippen LogP contribution in [0, 0.1) is 5.92 Å². The average molecular weight is 724 g/mol. The van der Waals surface area contributed by atoms with Crippen LogP contribution in [0.1, 0.15) is 76.2 Å². The van der Waals surface area contributed by atoms with Crippen molar-refractivity contribution in [2.24, 2.45) is 5.92 Å². The largest absolute Gasteiger partial charge is 0.444 e. The minimum atomic E-state index is -2.39. The summed E-state index contributed by atoms with van der Waals surface area (Å²) in [7, 11) is -2.39. The highest BCUT2D eigenvalue weighted by Crippen LogP contribution is 2.39. The molecule has 0 radical (unpaired) electrons. The molecule has 4 aromatic rings. The van der Waals surface area contributed by atoms with E-state index in [1.165, 1.54) is 0 Å². The summed E-state index contributed by atoms with van der Waals surface area (Å²) >= 11 is 0. The number of hydrogen-bond acceptors (Lipinski definition) is 6. The van der Waals surface area contributed by atoms with Crippen molar-refractivity contribution < 1.29 is 23.5 Å². The second-order valence-electron chi connectivity index (χ2n) is 16.0. The van der Waals surface area contributed by atoms with Crippen molar-refractivity contribution in [2.45, 2.75) is 110 Å². The number of rotatable bonds is 17. The molecule has 0 spiro atoms. The molecule has 0 unspecified atom stereocenters. The molecule has 3 atom stereocenters. The first-order valence-electron chi connectivity index (χ1n) is 18.2. The van der Waals surface area contributed by atoms with E-state index in [1.54, 1.807) is 18.3 Å². The number of nitrogens with zero attached hydrogens (tertiary/aromatic N) is 1. The normalized spacial score (nSPS) is 14.2. The van der Waals surface area contributed by atoms with Gasteiger partial charge < -0.3 is 24.2 Å². The first-order chi connectivity index (χ1) is 24.6. The highest BCUT2D eigenvalue weighted by molar-refractivity contribution is 6.74. The van der Waals surface area contributed by atoms with E-state index in [-0.39, 0.29) is 10.8 Å². The van der Waals surface area contributed by atoms with Crippen molar-refractivity contribution in [1.29, 1.82) is 0 Å². The summed E-state index contributed by atoms with van der Waals surface area (Å²) in [6.45, 7) is 17.4. The maximum Gasteiger partial charge on any atom is 0.407 e. The Labute approximate surface area is 311 Å². The molecule has 2 N–H and O–H groups in total. The molecule has 278 valence electrons. The van der Waals surface area contributed by atoms with Gasteiger partial charge in [-0.25, -0.2) is 9.78 Å². The van der Waals surface area contributed by atoms with Gasteiger partial charge in [-0.15, -0.1) is 0 Å². The molecular weight excluding hydrogens is 667 g/mol. The van der Waals surface area contributed by atoms with Crippen molar-refractivity contribution in [1.82, 2.24) is 15.3 Å². The van der Waals surface area contributed by atoms with E-state index in [0.29, 0.717) is 44.0 Å². The third-order valence-corrected chi connectivity index (χ3v) is 13.9. The van der Waals surface area contributed by atoms with Gasteiger partial charge in [0.15, 0.2) is 14.1 Å². The van der Waals surface area contributed by atoms with Gasteiger partial charge in [0, 0.05) is 5.92 Å². The predicted octanol–water partition coefficient (Wildman–Crippen LogP) is 9.48. The van der Waals surface area contributed by atoms with Crippen molar-refractivity contribution in [3.05, 3.63) is 131 Å². The lowest BCUT2D eigenvalue weighted by Crippen LogP contribution is -2.54. The van der Waals surface area contributed by atoms with Crippen LogP contribution in [0.4, 0.5) is 4.79 Å². The van der Waals surface area contributed by atoms with Crippen molar-refractivity contribution in [3.63, 3.8) is 0 Å². The number of H-pyrrole nitrogens is 1. The van der Waals surface area contributed by atoms with Crippen LogP contribution in [-0.2, 0) is 44.7 Å². The molecule has 8 nitrogen and oxygen atoms in total.